The maximum atomic E-state index is 6.11. The van der Waals surface area contributed by atoms with Gasteiger partial charge in [-0.1, -0.05) is 26.0 Å². The fourth-order valence-electron chi connectivity index (χ4n) is 2.36. The van der Waals surface area contributed by atoms with Crippen LogP contribution in [0.1, 0.15) is 52.0 Å². The van der Waals surface area contributed by atoms with Crippen LogP contribution in [-0.2, 0) is 0 Å². The summed E-state index contributed by atoms with van der Waals surface area (Å²) in [6, 6.07) is 6.23. The number of hydrogen-bond acceptors (Lipinski definition) is 2. The number of rotatable bonds is 3. The summed E-state index contributed by atoms with van der Waals surface area (Å²) in [5.41, 5.74) is 1.06. The normalized spacial score (nSPS) is 17.2. The van der Waals surface area contributed by atoms with E-state index < -0.39 is 0 Å². The van der Waals surface area contributed by atoms with Gasteiger partial charge in [0.15, 0.2) is 11.5 Å². The predicted octanol–water partition coefficient (Wildman–Crippen LogP) is 4.14. The van der Waals surface area contributed by atoms with E-state index in [-0.39, 0.29) is 5.60 Å². The van der Waals surface area contributed by atoms with Crippen LogP contribution in [0.3, 0.4) is 0 Å². The standard InChI is InChI=1S/C15H22O2/c1-5-11(6-2)12-8-7-9-13-14(12)17-15(3,4)10-16-13/h7-9,11H,5-6,10H2,1-4H3. The Morgan fingerprint density at radius 3 is 2.59 bits per heavy atom. The van der Waals surface area contributed by atoms with Crippen LogP contribution < -0.4 is 9.47 Å². The lowest BCUT2D eigenvalue weighted by Gasteiger charge is -2.34. The highest BCUT2D eigenvalue weighted by molar-refractivity contribution is 5.49. The molecule has 0 aliphatic carbocycles. The molecule has 0 radical (unpaired) electrons. The minimum absolute atomic E-state index is 0.227. The summed E-state index contributed by atoms with van der Waals surface area (Å²) in [5, 5.41) is 0. The van der Waals surface area contributed by atoms with Crippen LogP contribution in [-0.4, -0.2) is 12.2 Å². The molecule has 0 saturated carbocycles. The van der Waals surface area contributed by atoms with Gasteiger partial charge in [0, 0.05) is 5.56 Å². The first kappa shape index (κ1) is 12.3. The van der Waals surface area contributed by atoms with Crippen molar-refractivity contribution in [3.05, 3.63) is 23.8 Å². The van der Waals surface area contributed by atoms with Crippen LogP contribution in [0.15, 0.2) is 18.2 Å². The Morgan fingerprint density at radius 2 is 1.94 bits per heavy atom. The summed E-state index contributed by atoms with van der Waals surface area (Å²) < 4.78 is 11.9. The van der Waals surface area contributed by atoms with Gasteiger partial charge >= 0.3 is 0 Å². The molecule has 1 aliphatic heterocycles. The Kier molecular flexibility index (Phi) is 3.32. The minimum atomic E-state index is -0.227. The van der Waals surface area contributed by atoms with Gasteiger partial charge in [0.05, 0.1) is 0 Å². The molecule has 2 rings (SSSR count). The van der Waals surface area contributed by atoms with Gasteiger partial charge in [0.1, 0.15) is 12.2 Å². The van der Waals surface area contributed by atoms with Crippen molar-refractivity contribution < 1.29 is 9.47 Å². The second-order valence-electron chi connectivity index (χ2n) is 5.34. The fourth-order valence-corrected chi connectivity index (χ4v) is 2.36. The Labute approximate surface area is 104 Å². The zero-order chi connectivity index (χ0) is 12.5. The van der Waals surface area contributed by atoms with Gasteiger partial charge in [0.2, 0.25) is 0 Å². The molecule has 1 aromatic rings. The van der Waals surface area contributed by atoms with E-state index in [0.29, 0.717) is 12.5 Å². The molecule has 0 amide bonds. The average molecular weight is 234 g/mol. The predicted molar refractivity (Wildman–Crippen MR) is 70.0 cm³/mol. The highest BCUT2D eigenvalue weighted by Crippen LogP contribution is 2.42. The van der Waals surface area contributed by atoms with E-state index in [1.165, 1.54) is 5.56 Å². The molecule has 0 spiro atoms. The Morgan fingerprint density at radius 1 is 1.24 bits per heavy atom. The summed E-state index contributed by atoms with van der Waals surface area (Å²) in [4.78, 5) is 0. The molecule has 2 nitrogen and oxygen atoms in total. The van der Waals surface area contributed by atoms with Crippen molar-refractivity contribution >= 4 is 0 Å². The Balaban J connectivity index is 2.41. The first-order valence-corrected chi connectivity index (χ1v) is 6.52. The highest BCUT2D eigenvalue weighted by Gasteiger charge is 2.30. The molecule has 0 bridgehead atoms. The number of hydrogen-bond donors (Lipinski definition) is 0. The van der Waals surface area contributed by atoms with Crippen molar-refractivity contribution in [2.24, 2.45) is 0 Å². The maximum Gasteiger partial charge on any atom is 0.165 e. The van der Waals surface area contributed by atoms with E-state index in [1.54, 1.807) is 0 Å². The molecule has 0 aromatic heterocycles. The SMILES string of the molecule is CCC(CC)c1cccc2c1OC(C)(C)CO2. The maximum absolute atomic E-state index is 6.11. The lowest BCUT2D eigenvalue weighted by atomic mass is 9.92. The molecule has 1 heterocycles. The topological polar surface area (TPSA) is 18.5 Å². The lowest BCUT2D eigenvalue weighted by molar-refractivity contribution is 0.0198. The van der Waals surface area contributed by atoms with Crippen LogP contribution in [0.2, 0.25) is 0 Å². The molecule has 0 N–H and O–H groups in total. The summed E-state index contributed by atoms with van der Waals surface area (Å²) >= 11 is 0. The van der Waals surface area contributed by atoms with Gasteiger partial charge in [-0.25, -0.2) is 0 Å². The first-order valence-electron chi connectivity index (χ1n) is 6.52. The zero-order valence-electron chi connectivity index (χ0n) is 11.2. The third kappa shape index (κ3) is 2.41. The summed E-state index contributed by atoms with van der Waals surface area (Å²) in [6.45, 7) is 9.20. The van der Waals surface area contributed by atoms with Crippen molar-refractivity contribution in [1.82, 2.24) is 0 Å². The fraction of sp³-hybridized carbons (Fsp3) is 0.600. The molecule has 0 atom stereocenters. The van der Waals surface area contributed by atoms with Crippen LogP contribution in [0.25, 0.3) is 0 Å². The third-order valence-corrected chi connectivity index (χ3v) is 3.39. The lowest BCUT2D eigenvalue weighted by Crippen LogP contribution is -2.39. The zero-order valence-corrected chi connectivity index (χ0v) is 11.2. The van der Waals surface area contributed by atoms with E-state index >= 15 is 0 Å². The molecular formula is C15H22O2. The highest BCUT2D eigenvalue weighted by atomic mass is 16.6. The molecule has 2 heteroatoms. The number of para-hydroxylation sites is 1. The largest absolute Gasteiger partial charge is 0.486 e. The van der Waals surface area contributed by atoms with Crippen molar-refractivity contribution in [3.63, 3.8) is 0 Å². The average Bonchev–Trinajstić information content (AvgIpc) is 2.30. The van der Waals surface area contributed by atoms with Gasteiger partial charge in [-0.2, -0.15) is 0 Å². The van der Waals surface area contributed by atoms with Crippen LogP contribution >= 0.6 is 0 Å². The van der Waals surface area contributed by atoms with E-state index in [4.69, 9.17) is 9.47 Å². The number of ether oxygens (including phenoxy) is 2. The second kappa shape index (κ2) is 4.59. The first-order chi connectivity index (χ1) is 8.07. The quantitative estimate of drug-likeness (QED) is 0.782. The van der Waals surface area contributed by atoms with E-state index in [9.17, 15) is 0 Å². The second-order valence-corrected chi connectivity index (χ2v) is 5.34. The third-order valence-electron chi connectivity index (χ3n) is 3.39. The summed E-state index contributed by atoms with van der Waals surface area (Å²) in [5.74, 6) is 2.41. The number of fused-ring (bicyclic) bond motifs is 1. The van der Waals surface area contributed by atoms with E-state index in [1.807, 2.05) is 6.07 Å². The van der Waals surface area contributed by atoms with Crippen molar-refractivity contribution in [2.45, 2.75) is 52.1 Å². The molecule has 0 fully saturated rings. The van der Waals surface area contributed by atoms with Crippen LogP contribution in [0.4, 0.5) is 0 Å². The monoisotopic (exact) mass is 234 g/mol. The van der Waals surface area contributed by atoms with Gasteiger partial charge in [-0.15, -0.1) is 0 Å². The molecule has 1 aromatic carbocycles. The van der Waals surface area contributed by atoms with E-state index in [2.05, 4.69) is 39.8 Å². The number of benzene rings is 1. The molecule has 94 valence electrons. The van der Waals surface area contributed by atoms with E-state index in [0.717, 1.165) is 24.3 Å². The van der Waals surface area contributed by atoms with Gasteiger partial charge in [0.25, 0.3) is 0 Å². The van der Waals surface area contributed by atoms with Crippen LogP contribution in [0, 0.1) is 0 Å². The van der Waals surface area contributed by atoms with Crippen molar-refractivity contribution in [1.29, 1.82) is 0 Å². The van der Waals surface area contributed by atoms with Gasteiger partial charge in [-0.3, -0.25) is 0 Å². The molecule has 0 unspecified atom stereocenters. The summed E-state index contributed by atoms with van der Waals surface area (Å²) in [7, 11) is 0. The molecule has 17 heavy (non-hydrogen) atoms. The summed E-state index contributed by atoms with van der Waals surface area (Å²) in [6.07, 6.45) is 2.27. The minimum Gasteiger partial charge on any atom is -0.486 e. The Bertz CT molecular complexity index is 392. The van der Waals surface area contributed by atoms with Crippen molar-refractivity contribution in [3.8, 4) is 11.5 Å². The molecule has 1 aliphatic rings. The van der Waals surface area contributed by atoms with Gasteiger partial charge in [-0.05, 0) is 38.7 Å². The van der Waals surface area contributed by atoms with Crippen molar-refractivity contribution in [2.75, 3.05) is 6.61 Å². The molecule has 0 saturated heterocycles. The Hall–Kier alpha value is -1.18. The van der Waals surface area contributed by atoms with Crippen LogP contribution in [0.5, 0.6) is 11.5 Å². The molecular weight excluding hydrogens is 212 g/mol. The smallest absolute Gasteiger partial charge is 0.165 e. The van der Waals surface area contributed by atoms with Gasteiger partial charge < -0.3 is 9.47 Å².